The summed E-state index contributed by atoms with van der Waals surface area (Å²) >= 11 is 0. The second kappa shape index (κ2) is 12.3. The second-order valence-electron chi connectivity index (χ2n) is 8.03. The number of rotatable bonds is 14. The molecular weight excluding hydrogens is 306 g/mol. The first kappa shape index (κ1) is 22.9. The molecule has 0 bridgehead atoms. The highest BCUT2D eigenvalue weighted by Gasteiger charge is 2.24. The van der Waals surface area contributed by atoms with Gasteiger partial charge in [0.05, 0.1) is 27.6 Å². The molecule has 2 atom stereocenters. The highest BCUT2D eigenvalue weighted by atomic mass is 16.5. The van der Waals surface area contributed by atoms with Crippen LogP contribution in [-0.4, -0.2) is 55.3 Å². The number of unbranched alkanes of at least 4 members (excludes halogenated alkanes) is 3. The van der Waals surface area contributed by atoms with E-state index in [2.05, 4.69) is 13.8 Å². The normalized spacial score (nSPS) is 14.2. The van der Waals surface area contributed by atoms with E-state index in [9.17, 15) is 9.59 Å². The first-order valence-electron chi connectivity index (χ1n) is 9.35. The number of carbonyl (C=O) groups is 2. The molecule has 0 aliphatic carbocycles. The smallest absolute Gasteiger partial charge is 0.307 e. The number of esters is 1. The van der Waals surface area contributed by atoms with E-state index in [1.54, 1.807) is 0 Å². The van der Waals surface area contributed by atoms with Crippen molar-refractivity contribution in [2.24, 2.45) is 5.92 Å². The van der Waals surface area contributed by atoms with Crippen molar-refractivity contribution in [2.45, 2.75) is 77.7 Å². The number of carboxylic acids is 1. The van der Waals surface area contributed by atoms with Crippen molar-refractivity contribution >= 4 is 11.9 Å². The molecule has 0 aromatic rings. The van der Waals surface area contributed by atoms with Crippen LogP contribution in [-0.2, 0) is 14.3 Å². The Balaban J connectivity index is 3.93. The molecule has 0 radical (unpaired) electrons. The number of aliphatic carboxylic acids is 1. The number of nitrogens with zero attached hydrogens (tertiary/aromatic N) is 1. The van der Waals surface area contributed by atoms with E-state index in [0.29, 0.717) is 17.4 Å². The van der Waals surface area contributed by atoms with Gasteiger partial charge in [0.15, 0.2) is 6.10 Å². The molecule has 5 nitrogen and oxygen atoms in total. The van der Waals surface area contributed by atoms with Crippen molar-refractivity contribution in [3.8, 4) is 0 Å². The van der Waals surface area contributed by atoms with Gasteiger partial charge in [-0.25, -0.2) is 0 Å². The van der Waals surface area contributed by atoms with E-state index >= 15 is 0 Å². The fraction of sp³-hybridized carbons (Fsp3) is 0.895. The highest BCUT2D eigenvalue weighted by molar-refractivity contribution is 5.71. The van der Waals surface area contributed by atoms with Crippen LogP contribution in [0.25, 0.3) is 0 Å². The van der Waals surface area contributed by atoms with Crippen LogP contribution in [0, 0.1) is 5.92 Å². The van der Waals surface area contributed by atoms with E-state index in [4.69, 9.17) is 9.84 Å². The summed E-state index contributed by atoms with van der Waals surface area (Å²) in [6.45, 7) is 5.03. The van der Waals surface area contributed by atoms with Crippen LogP contribution >= 0.6 is 0 Å². The molecule has 0 saturated heterocycles. The summed E-state index contributed by atoms with van der Waals surface area (Å²) in [6, 6.07) is 0. The van der Waals surface area contributed by atoms with Crippen LogP contribution in [0.2, 0.25) is 0 Å². The van der Waals surface area contributed by atoms with Crippen LogP contribution in [0.1, 0.15) is 71.6 Å². The zero-order chi connectivity index (χ0) is 18.6. The van der Waals surface area contributed by atoms with Gasteiger partial charge >= 0.3 is 11.9 Å². The largest absolute Gasteiger partial charge is 0.481 e. The zero-order valence-electron chi connectivity index (χ0n) is 16.3. The number of hydrogen-bond donors (Lipinski definition) is 1. The van der Waals surface area contributed by atoms with Crippen molar-refractivity contribution in [1.82, 2.24) is 0 Å². The molecule has 0 saturated carbocycles. The quantitative estimate of drug-likeness (QED) is 0.295. The Labute approximate surface area is 148 Å². The SMILES string of the molecule is CCCC(C)CCCCCCC(=O)OC(CC(=O)O)C[N+](C)(C)C. The fourth-order valence-corrected chi connectivity index (χ4v) is 2.95. The molecule has 0 amide bonds. The number of carbonyl (C=O) groups excluding carboxylic acids is 1. The summed E-state index contributed by atoms with van der Waals surface area (Å²) in [5.41, 5.74) is 0. The molecule has 142 valence electrons. The lowest BCUT2D eigenvalue weighted by Gasteiger charge is -2.28. The maximum atomic E-state index is 11.9. The topological polar surface area (TPSA) is 63.6 Å². The summed E-state index contributed by atoms with van der Waals surface area (Å²) in [7, 11) is 5.88. The third kappa shape index (κ3) is 14.5. The molecule has 2 unspecified atom stereocenters. The average Bonchev–Trinajstić information content (AvgIpc) is 2.40. The van der Waals surface area contributed by atoms with Crippen LogP contribution in [0.3, 0.4) is 0 Å². The molecule has 0 fully saturated rings. The molecule has 5 heteroatoms. The minimum atomic E-state index is -0.928. The van der Waals surface area contributed by atoms with Gasteiger partial charge < -0.3 is 14.3 Å². The highest BCUT2D eigenvalue weighted by Crippen LogP contribution is 2.16. The number of carboxylic acid groups (broad SMARTS) is 1. The van der Waals surface area contributed by atoms with Gasteiger partial charge in [0.25, 0.3) is 0 Å². The van der Waals surface area contributed by atoms with Gasteiger partial charge in [-0.1, -0.05) is 52.4 Å². The van der Waals surface area contributed by atoms with Crippen LogP contribution in [0.5, 0.6) is 0 Å². The van der Waals surface area contributed by atoms with E-state index in [1.807, 2.05) is 21.1 Å². The Morgan fingerprint density at radius 1 is 1.04 bits per heavy atom. The van der Waals surface area contributed by atoms with E-state index in [1.165, 1.54) is 25.7 Å². The lowest BCUT2D eigenvalue weighted by molar-refractivity contribution is -0.873. The molecule has 0 aromatic carbocycles. The van der Waals surface area contributed by atoms with Gasteiger partial charge in [0, 0.05) is 6.42 Å². The molecule has 1 N–H and O–H groups in total. The first-order valence-corrected chi connectivity index (χ1v) is 9.35. The molecule has 0 aliphatic rings. The Bertz CT molecular complexity index is 363. The van der Waals surface area contributed by atoms with Gasteiger partial charge in [-0.2, -0.15) is 0 Å². The minimum absolute atomic E-state index is 0.128. The van der Waals surface area contributed by atoms with Gasteiger partial charge in [0.2, 0.25) is 0 Å². The molecule has 0 spiro atoms. The standard InChI is InChI=1S/C19H37NO4/c1-6-11-16(2)12-9-7-8-10-13-19(23)24-17(14-18(21)22)15-20(3,4)5/h16-17H,6-15H2,1-5H3/p+1. The molecule has 0 heterocycles. The summed E-state index contributed by atoms with van der Waals surface area (Å²) in [5.74, 6) is -0.399. The summed E-state index contributed by atoms with van der Waals surface area (Å²) < 4.78 is 5.95. The van der Waals surface area contributed by atoms with E-state index in [0.717, 1.165) is 25.2 Å². The first-order chi connectivity index (χ1) is 11.1. The monoisotopic (exact) mass is 344 g/mol. The lowest BCUT2D eigenvalue weighted by atomic mass is 9.98. The maximum Gasteiger partial charge on any atom is 0.307 e. The van der Waals surface area contributed by atoms with Crippen LogP contribution in [0.4, 0.5) is 0 Å². The molecule has 24 heavy (non-hydrogen) atoms. The lowest BCUT2D eigenvalue weighted by Crippen LogP contribution is -2.43. The maximum absolute atomic E-state index is 11.9. The summed E-state index contributed by atoms with van der Waals surface area (Å²) in [5, 5.41) is 8.95. The Kier molecular flexibility index (Phi) is 11.7. The number of likely N-dealkylation sites (N-methyl/N-ethyl adjacent to an activating group) is 1. The van der Waals surface area contributed by atoms with Crippen LogP contribution in [0.15, 0.2) is 0 Å². The molecule has 0 aliphatic heterocycles. The summed E-state index contributed by atoms with van der Waals surface area (Å²) in [4.78, 5) is 22.8. The molecule has 0 rings (SSSR count). The van der Waals surface area contributed by atoms with Gasteiger partial charge in [0.1, 0.15) is 6.54 Å². The second-order valence-corrected chi connectivity index (χ2v) is 8.03. The van der Waals surface area contributed by atoms with Crippen LogP contribution < -0.4 is 0 Å². The number of quaternary nitrogens is 1. The predicted octanol–water partition coefficient (Wildman–Crippen LogP) is 3.86. The van der Waals surface area contributed by atoms with Gasteiger partial charge in [-0.3, -0.25) is 9.59 Å². The van der Waals surface area contributed by atoms with Gasteiger partial charge in [-0.15, -0.1) is 0 Å². The molecular formula is C19H38NO4+. The van der Waals surface area contributed by atoms with Crippen molar-refractivity contribution in [3.63, 3.8) is 0 Å². The third-order valence-electron chi connectivity index (χ3n) is 4.06. The van der Waals surface area contributed by atoms with E-state index in [-0.39, 0.29) is 12.4 Å². The van der Waals surface area contributed by atoms with E-state index < -0.39 is 12.1 Å². The predicted molar refractivity (Wildman–Crippen MR) is 96.8 cm³/mol. The zero-order valence-corrected chi connectivity index (χ0v) is 16.3. The van der Waals surface area contributed by atoms with Crippen molar-refractivity contribution < 1.29 is 23.9 Å². The fourth-order valence-electron chi connectivity index (χ4n) is 2.95. The minimum Gasteiger partial charge on any atom is -0.481 e. The molecule has 0 aromatic heterocycles. The van der Waals surface area contributed by atoms with Gasteiger partial charge in [-0.05, 0) is 12.3 Å². The Morgan fingerprint density at radius 3 is 2.21 bits per heavy atom. The average molecular weight is 345 g/mol. The van der Waals surface area contributed by atoms with Crippen molar-refractivity contribution in [1.29, 1.82) is 0 Å². The van der Waals surface area contributed by atoms with Crippen molar-refractivity contribution in [3.05, 3.63) is 0 Å². The Morgan fingerprint density at radius 2 is 1.67 bits per heavy atom. The number of ether oxygens (including phenoxy) is 1. The number of hydrogen-bond acceptors (Lipinski definition) is 3. The third-order valence-corrected chi connectivity index (χ3v) is 4.06. The Hall–Kier alpha value is -1.10. The van der Waals surface area contributed by atoms with Crippen molar-refractivity contribution in [2.75, 3.05) is 27.7 Å². The summed E-state index contributed by atoms with van der Waals surface area (Å²) in [6.07, 6.45) is 7.75.